The molecule has 98 valence electrons. The SMILES string of the molecule is COCOc1c(C(C)C)c[c]([Mg][Br])cc1C(C)C. The van der Waals surface area contributed by atoms with Crippen LogP contribution in [0.1, 0.15) is 50.7 Å². The summed E-state index contributed by atoms with van der Waals surface area (Å²) in [7, 11) is 1.66. The van der Waals surface area contributed by atoms with Crippen molar-refractivity contribution in [3.63, 3.8) is 0 Å². The minimum Gasteiger partial charge on any atom is -0.467 e. The van der Waals surface area contributed by atoms with E-state index in [0.29, 0.717) is 18.6 Å². The maximum Gasteiger partial charge on any atom is 0.506 e. The van der Waals surface area contributed by atoms with Crippen LogP contribution in [-0.2, 0) is 4.74 Å². The van der Waals surface area contributed by atoms with Crippen molar-refractivity contribution in [3.05, 3.63) is 23.3 Å². The van der Waals surface area contributed by atoms with Crippen molar-refractivity contribution < 1.29 is 9.47 Å². The molecule has 0 N–H and O–H groups in total. The Morgan fingerprint density at radius 3 is 1.94 bits per heavy atom. The molecule has 18 heavy (non-hydrogen) atoms. The van der Waals surface area contributed by atoms with E-state index < -0.39 is 0 Å². The predicted molar refractivity (Wildman–Crippen MR) is 81.4 cm³/mol. The Bertz CT molecular complexity index is 362. The quantitative estimate of drug-likeness (QED) is 0.588. The summed E-state index contributed by atoms with van der Waals surface area (Å²) in [6, 6.07) is 4.56. The van der Waals surface area contributed by atoms with Gasteiger partial charge in [-0.05, 0) is 23.0 Å². The molecule has 0 saturated heterocycles. The average Bonchev–Trinajstić information content (AvgIpc) is 2.34. The molecule has 0 aliphatic rings. The summed E-state index contributed by atoms with van der Waals surface area (Å²) in [5, 5.41) is 0. The van der Waals surface area contributed by atoms with Crippen LogP contribution in [0.3, 0.4) is 0 Å². The highest BCUT2D eigenvalue weighted by atomic mass is 79.9. The third-order valence-electron chi connectivity index (χ3n) is 2.93. The van der Waals surface area contributed by atoms with Crippen LogP contribution in [0, 0.1) is 0 Å². The summed E-state index contributed by atoms with van der Waals surface area (Å²) in [5.74, 6) is 1.94. The van der Waals surface area contributed by atoms with Crippen LogP contribution in [0.15, 0.2) is 12.1 Å². The Morgan fingerprint density at radius 1 is 1.11 bits per heavy atom. The first-order chi connectivity index (χ1) is 8.51. The highest BCUT2D eigenvalue weighted by Crippen LogP contribution is 2.33. The highest BCUT2D eigenvalue weighted by molar-refractivity contribution is 9.23. The molecular weight excluding hydrogens is 304 g/mol. The Labute approximate surface area is 126 Å². The molecule has 0 fully saturated rings. The summed E-state index contributed by atoms with van der Waals surface area (Å²) in [6.07, 6.45) is 0. The molecule has 1 rings (SSSR count). The van der Waals surface area contributed by atoms with Gasteiger partial charge in [-0.2, -0.15) is 3.69 Å². The van der Waals surface area contributed by atoms with Crippen molar-refractivity contribution in [2.24, 2.45) is 0 Å². The highest BCUT2D eigenvalue weighted by Gasteiger charge is 2.17. The van der Waals surface area contributed by atoms with Gasteiger partial charge in [-0.3, -0.25) is 12.9 Å². The van der Waals surface area contributed by atoms with E-state index in [0.717, 1.165) is 5.75 Å². The number of halogens is 1. The number of benzene rings is 1. The van der Waals surface area contributed by atoms with Gasteiger partial charge in [0.05, 0.1) is 0 Å². The summed E-state index contributed by atoms with van der Waals surface area (Å²) in [6.45, 7) is 9.14. The van der Waals surface area contributed by atoms with Crippen molar-refractivity contribution in [1.29, 1.82) is 0 Å². The number of hydrogen-bond donors (Lipinski definition) is 0. The third kappa shape index (κ3) is 4.12. The maximum atomic E-state index is 5.82. The van der Waals surface area contributed by atoms with Crippen molar-refractivity contribution >= 4 is 34.8 Å². The van der Waals surface area contributed by atoms with Crippen LogP contribution >= 0.6 is 12.9 Å². The molecule has 0 heterocycles. The topological polar surface area (TPSA) is 18.5 Å². The average molecular weight is 326 g/mol. The molecular formula is C14H21BrMgO2. The van der Waals surface area contributed by atoms with E-state index in [9.17, 15) is 0 Å². The zero-order chi connectivity index (χ0) is 13.7. The van der Waals surface area contributed by atoms with E-state index in [1.54, 1.807) is 7.11 Å². The van der Waals surface area contributed by atoms with Gasteiger partial charge in [-0.25, -0.2) is 0 Å². The number of rotatable bonds is 6. The molecule has 0 spiro atoms. The molecule has 1 aromatic carbocycles. The Morgan fingerprint density at radius 2 is 1.61 bits per heavy atom. The molecule has 0 saturated carbocycles. The molecule has 2 nitrogen and oxygen atoms in total. The van der Waals surface area contributed by atoms with Gasteiger partial charge in [0.25, 0.3) is 0 Å². The Balaban J connectivity index is 3.30. The van der Waals surface area contributed by atoms with E-state index in [-0.39, 0.29) is 18.2 Å². The lowest BCUT2D eigenvalue weighted by molar-refractivity contribution is 0.0494. The zero-order valence-electron chi connectivity index (χ0n) is 11.9. The second-order valence-corrected chi connectivity index (χ2v) is 7.86. The Kier molecular flexibility index (Phi) is 6.99. The first-order valence-electron chi connectivity index (χ1n) is 6.35. The lowest BCUT2D eigenvalue weighted by Crippen LogP contribution is -2.15. The zero-order valence-corrected chi connectivity index (χ0v) is 14.9. The lowest BCUT2D eigenvalue weighted by Gasteiger charge is -2.21. The second-order valence-electron chi connectivity index (χ2n) is 5.10. The van der Waals surface area contributed by atoms with Gasteiger partial charge >= 0.3 is 18.2 Å². The van der Waals surface area contributed by atoms with Gasteiger partial charge in [-0.1, -0.05) is 39.8 Å². The Hall–Kier alpha value is 0.226. The van der Waals surface area contributed by atoms with Crippen molar-refractivity contribution in [1.82, 2.24) is 0 Å². The van der Waals surface area contributed by atoms with Gasteiger partial charge in [-0.15, -0.1) is 0 Å². The fourth-order valence-corrected chi connectivity index (χ4v) is 3.52. The standard InChI is InChI=1S/C14H21O2.BrH.Mg/c1-10(2)12-7-6-8-13(11(3)4)14(12)16-9-15-5;;/h7-8,10-11H,9H2,1-5H3;1H;/q;;+1/p-1. The molecule has 0 aromatic heterocycles. The van der Waals surface area contributed by atoms with Gasteiger partial charge in [0.15, 0.2) is 6.79 Å². The van der Waals surface area contributed by atoms with E-state index in [4.69, 9.17) is 9.47 Å². The van der Waals surface area contributed by atoms with Crippen LogP contribution in [0.5, 0.6) is 5.75 Å². The minimum atomic E-state index is -0.325. The van der Waals surface area contributed by atoms with E-state index in [1.807, 2.05) is 0 Å². The normalized spacial score (nSPS) is 10.9. The summed E-state index contributed by atoms with van der Waals surface area (Å²) < 4.78 is 12.3. The van der Waals surface area contributed by atoms with Crippen LogP contribution in [0.2, 0.25) is 0 Å². The van der Waals surface area contributed by atoms with Crippen molar-refractivity contribution in [2.75, 3.05) is 13.9 Å². The van der Waals surface area contributed by atoms with Crippen molar-refractivity contribution in [3.8, 4) is 5.75 Å². The van der Waals surface area contributed by atoms with E-state index >= 15 is 0 Å². The van der Waals surface area contributed by atoms with Crippen LogP contribution in [0.4, 0.5) is 0 Å². The fraction of sp³-hybridized carbons (Fsp3) is 0.571. The molecule has 0 unspecified atom stereocenters. The van der Waals surface area contributed by atoms with Crippen LogP contribution < -0.4 is 8.43 Å². The predicted octanol–water partition coefficient (Wildman–Crippen LogP) is 3.56. The van der Waals surface area contributed by atoms with E-state index in [2.05, 4.69) is 52.7 Å². The molecule has 0 atom stereocenters. The molecule has 0 aliphatic carbocycles. The first-order valence-corrected chi connectivity index (χ1v) is 11.0. The largest absolute Gasteiger partial charge is 0.506 e. The van der Waals surface area contributed by atoms with Crippen LogP contribution in [-0.4, -0.2) is 32.1 Å². The third-order valence-corrected chi connectivity index (χ3v) is 5.58. The number of ether oxygens (including phenoxy) is 2. The molecule has 0 aliphatic heterocycles. The molecule has 0 bridgehead atoms. The van der Waals surface area contributed by atoms with Gasteiger partial charge in [0.1, 0.15) is 5.75 Å². The fourth-order valence-electron chi connectivity index (χ4n) is 1.96. The summed E-state index contributed by atoms with van der Waals surface area (Å²) in [4.78, 5) is 0. The second kappa shape index (κ2) is 7.73. The number of methoxy groups -OCH3 is 1. The van der Waals surface area contributed by atoms with Crippen molar-refractivity contribution in [2.45, 2.75) is 39.5 Å². The van der Waals surface area contributed by atoms with Gasteiger partial charge < -0.3 is 9.47 Å². The molecule has 0 radical (unpaired) electrons. The summed E-state index contributed by atoms with van der Waals surface area (Å²) >= 11 is 3.35. The smallest absolute Gasteiger partial charge is 0.467 e. The molecule has 1 aromatic rings. The van der Waals surface area contributed by atoms with E-state index in [1.165, 1.54) is 14.8 Å². The molecule has 0 amide bonds. The van der Waals surface area contributed by atoms with Gasteiger partial charge in [0, 0.05) is 7.11 Å². The monoisotopic (exact) mass is 324 g/mol. The molecule has 4 heteroatoms. The van der Waals surface area contributed by atoms with Gasteiger partial charge in [0.2, 0.25) is 0 Å². The number of hydrogen-bond acceptors (Lipinski definition) is 2. The minimum absolute atomic E-state index is 0.310. The first kappa shape index (κ1) is 16.3. The summed E-state index contributed by atoms with van der Waals surface area (Å²) in [5.41, 5.74) is 2.58. The lowest BCUT2D eigenvalue weighted by atomic mass is 9.94. The van der Waals surface area contributed by atoms with Crippen LogP contribution in [0.25, 0.3) is 0 Å². The maximum absolute atomic E-state index is 5.82.